The molecule has 3 saturated carbocycles. The zero-order chi connectivity index (χ0) is 15.0. The number of amides is 1. The van der Waals surface area contributed by atoms with Crippen LogP contribution < -0.4 is 4.72 Å². The highest BCUT2D eigenvalue weighted by molar-refractivity contribution is 7.90. The van der Waals surface area contributed by atoms with Crippen LogP contribution in [0.2, 0.25) is 0 Å². The Morgan fingerprint density at radius 3 is 2.62 bits per heavy atom. The lowest BCUT2D eigenvalue weighted by molar-refractivity contribution is -0.118. The normalized spacial score (nSPS) is 28.5. The first-order chi connectivity index (χ1) is 9.94. The fourth-order valence-electron chi connectivity index (χ4n) is 3.72. The lowest BCUT2D eigenvalue weighted by Crippen LogP contribution is -2.47. The molecule has 1 heterocycles. The molecule has 3 aliphatic rings. The molecule has 0 radical (unpaired) electrons. The highest BCUT2D eigenvalue weighted by atomic mass is 32.2. The van der Waals surface area contributed by atoms with Gasteiger partial charge in [0.05, 0.1) is 17.9 Å². The molecule has 1 N–H and O–H groups in total. The van der Waals surface area contributed by atoms with Gasteiger partial charge in [-0.3, -0.25) is 14.2 Å². The van der Waals surface area contributed by atoms with Crippen LogP contribution in [0.5, 0.6) is 0 Å². The van der Waals surface area contributed by atoms with Crippen LogP contribution in [0.25, 0.3) is 0 Å². The van der Waals surface area contributed by atoms with Crippen molar-refractivity contribution in [2.24, 2.45) is 18.9 Å². The van der Waals surface area contributed by atoms with E-state index in [1.54, 1.807) is 24.1 Å². The highest BCUT2D eigenvalue weighted by Crippen LogP contribution is 2.43. The summed E-state index contributed by atoms with van der Waals surface area (Å²) in [6.07, 6.45) is 8.29. The molecule has 1 amide bonds. The van der Waals surface area contributed by atoms with E-state index in [0.717, 1.165) is 31.2 Å². The van der Waals surface area contributed by atoms with Crippen molar-refractivity contribution in [3.63, 3.8) is 0 Å². The summed E-state index contributed by atoms with van der Waals surface area (Å²) in [5.74, 6) is 0.271. The minimum atomic E-state index is -3.55. The number of hydrogen-bond donors (Lipinski definition) is 1. The van der Waals surface area contributed by atoms with Crippen LogP contribution in [0, 0.1) is 11.8 Å². The minimum absolute atomic E-state index is 0.0495. The van der Waals surface area contributed by atoms with E-state index in [4.69, 9.17) is 0 Å². The van der Waals surface area contributed by atoms with Gasteiger partial charge in [0.25, 0.3) is 0 Å². The summed E-state index contributed by atoms with van der Waals surface area (Å²) in [6, 6.07) is 0. The number of sulfonamides is 1. The third-order valence-corrected chi connectivity index (χ3v) is 6.65. The van der Waals surface area contributed by atoms with Crippen molar-refractivity contribution in [2.45, 2.75) is 43.8 Å². The van der Waals surface area contributed by atoms with Gasteiger partial charge in [0, 0.05) is 13.2 Å². The Morgan fingerprint density at radius 2 is 2.10 bits per heavy atom. The predicted molar refractivity (Wildman–Crippen MR) is 77.8 cm³/mol. The van der Waals surface area contributed by atoms with Gasteiger partial charge in [-0.2, -0.15) is 5.10 Å². The molecule has 1 aromatic heterocycles. The standard InChI is InChI=1S/C14H21N3O3S/c1-17-9-11(8-15-17)7-14(18)16-21(19,20)13-6-10-2-4-12(13)5-3-10/h8-10,12-13H,2-7H2,1H3,(H,16,18). The first kappa shape index (κ1) is 14.6. The van der Waals surface area contributed by atoms with Gasteiger partial charge in [-0.25, -0.2) is 8.42 Å². The second-order valence-corrected chi connectivity index (χ2v) is 8.22. The van der Waals surface area contributed by atoms with E-state index in [1.165, 1.54) is 0 Å². The zero-order valence-electron chi connectivity index (χ0n) is 12.2. The van der Waals surface area contributed by atoms with Crippen molar-refractivity contribution in [3.05, 3.63) is 18.0 Å². The largest absolute Gasteiger partial charge is 0.276 e. The van der Waals surface area contributed by atoms with Gasteiger partial charge in [-0.15, -0.1) is 0 Å². The molecule has 0 aromatic carbocycles. The van der Waals surface area contributed by atoms with Crippen molar-refractivity contribution >= 4 is 15.9 Å². The summed E-state index contributed by atoms with van der Waals surface area (Å²) in [7, 11) is -1.79. The maximum Gasteiger partial charge on any atom is 0.238 e. The molecule has 0 aliphatic heterocycles. The fourth-order valence-corrected chi connectivity index (χ4v) is 5.56. The third-order valence-electron chi connectivity index (χ3n) is 4.76. The van der Waals surface area contributed by atoms with E-state index >= 15 is 0 Å². The Balaban J connectivity index is 1.64. The van der Waals surface area contributed by atoms with Gasteiger partial charge >= 0.3 is 0 Å². The van der Waals surface area contributed by atoms with Crippen LogP contribution in [0.1, 0.15) is 37.7 Å². The van der Waals surface area contributed by atoms with Crippen LogP contribution in [0.3, 0.4) is 0 Å². The molecule has 1 unspecified atom stereocenters. The van der Waals surface area contributed by atoms with E-state index in [1.807, 2.05) is 0 Å². The molecule has 21 heavy (non-hydrogen) atoms. The number of nitrogens with zero attached hydrogens (tertiary/aromatic N) is 2. The number of fused-ring (bicyclic) bond motifs is 3. The number of aryl methyl sites for hydroxylation is 1. The molecule has 2 bridgehead atoms. The van der Waals surface area contributed by atoms with Gasteiger partial charge < -0.3 is 0 Å². The van der Waals surface area contributed by atoms with Crippen LogP contribution in [-0.2, 0) is 28.3 Å². The fraction of sp³-hybridized carbons (Fsp3) is 0.714. The van der Waals surface area contributed by atoms with Crippen molar-refractivity contribution in [2.75, 3.05) is 0 Å². The Bertz CT molecular complexity index is 630. The van der Waals surface area contributed by atoms with E-state index in [-0.39, 0.29) is 17.6 Å². The summed E-state index contributed by atoms with van der Waals surface area (Å²) in [5, 5.41) is 3.59. The van der Waals surface area contributed by atoms with Crippen molar-refractivity contribution in [1.29, 1.82) is 0 Å². The van der Waals surface area contributed by atoms with Gasteiger partial charge in [-0.05, 0) is 36.7 Å². The Labute approximate surface area is 125 Å². The quantitative estimate of drug-likeness (QED) is 0.899. The number of rotatable bonds is 4. The van der Waals surface area contributed by atoms with Crippen molar-refractivity contribution < 1.29 is 13.2 Å². The molecular weight excluding hydrogens is 290 g/mol. The molecule has 3 aliphatic carbocycles. The van der Waals surface area contributed by atoms with Crippen LogP contribution in [0.4, 0.5) is 0 Å². The zero-order valence-corrected chi connectivity index (χ0v) is 13.0. The first-order valence-electron chi connectivity index (χ1n) is 7.46. The van der Waals surface area contributed by atoms with Crippen molar-refractivity contribution in [3.8, 4) is 0 Å². The van der Waals surface area contributed by atoms with Gasteiger partial charge in [0.15, 0.2) is 0 Å². The molecule has 1 atom stereocenters. The maximum atomic E-state index is 12.4. The Morgan fingerprint density at radius 1 is 1.38 bits per heavy atom. The molecule has 0 spiro atoms. The van der Waals surface area contributed by atoms with Gasteiger partial charge in [0.1, 0.15) is 0 Å². The van der Waals surface area contributed by atoms with Gasteiger partial charge in [-0.1, -0.05) is 12.8 Å². The number of carbonyl (C=O) groups is 1. The second kappa shape index (κ2) is 5.44. The van der Waals surface area contributed by atoms with Crippen LogP contribution in [-0.4, -0.2) is 29.4 Å². The van der Waals surface area contributed by atoms with Crippen molar-refractivity contribution in [1.82, 2.24) is 14.5 Å². The maximum absolute atomic E-state index is 12.4. The number of aromatic nitrogens is 2. The monoisotopic (exact) mass is 311 g/mol. The van der Waals surface area contributed by atoms with Crippen LogP contribution in [0.15, 0.2) is 12.4 Å². The average Bonchev–Trinajstić information content (AvgIpc) is 2.84. The average molecular weight is 311 g/mol. The lowest BCUT2D eigenvalue weighted by atomic mass is 9.70. The molecule has 3 fully saturated rings. The summed E-state index contributed by atoms with van der Waals surface area (Å²) < 4.78 is 28.7. The molecule has 1 aromatic rings. The third kappa shape index (κ3) is 3.12. The van der Waals surface area contributed by atoms with Gasteiger partial charge in [0.2, 0.25) is 15.9 Å². The van der Waals surface area contributed by atoms with E-state index in [2.05, 4.69) is 9.82 Å². The highest BCUT2D eigenvalue weighted by Gasteiger charge is 2.43. The molecule has 4 rings (SSSR count). The minimum Gasteiger partial charge on any atom is -0.276 e. The second-order valence-electron chi connectivity index (χ2n) is 6.32. The van der Waals surface area contributed by atoms with E-state index in [0.29, 0.717) is 12.3 Å². The predicted octanol–water partition coefficient (Wildman–Crippen LogP) is 0.987. The summed E-state index contributed by atoms with van der Waals surface area (Å²) in [4.78, 5) is 12.0. The molecular formula is C14H21N3O3S. The molecule has 6 nitrogen and oxygen atoms in total. The summed E-state index contributed by atoms with van der Waals surface area (Å²) in [6.45, 7) is 0. The first-order valence-corrected chi connectivity index (χ1v) is 9.00. The Hall–Kier alpha value is -1.37. The summed E-state index contributed by atoms with van der Waals surface area (Å²) in [5.41, 5.74) is 0.718. The smallest absolute Gasteiger partial charge is 0.238 e. The Kier molecular flexibility index (Phi) is 3.77. The SMILES string of the molecule is Cn1cc(CC(=O)NS(=O)(=O)C2CC3CCC2CC3)cn1. The van der Waals surface area contributed by atoms with E-state index < -0.39 is 15.9 Å². The molecule has 0 saturated heterocycles. The lowest BCUT2D eigenvalue weighted by Gasteiger charge is -2.41. The summed E-state index contributed by atoms with van der Waals surface area (Å²) >= 11 is 0. The van der Waals surface area contributed by atoms with E-state index in [9.17, 15) is 13.2 Å². The molecule has 7 heteroatoms. The molecule has 116 valence electrons. The van der Waals surface area contributed by atoms with Crippen LogP contribution >= 0.6 is 0 Å². The topological polar surface area (TPSA) is 81.1 Å². The number of hydrogen-bond acceptors (Lipinski definition) is 4. The number of carbonyl (C=O) groups excluding carboxylic acids is 1. The number of nitrogens with one attached hydrogen (secondary N) is 1.